The van der Waals surface area contributed by atoms with Crippen LogP contribution in [0.5, 0.6) is 0 Å². The molecule has 0 N–H and O–H groups in total. The number of ether oxygens (including phenoxy) is 3. The van der Waals surface area contributed by atoms with Crippen LogP contribution in [0.25, 0.3) is 0 Å². The molecule has 120 valence electrons. The predicted molar refractivity (Wildman–Crippen MR) is 85.5 cm³/mol. The van der Waals surface area contributed by atoms with E-state index in [1.54, 1.807) is 0 Å². The minimum Gasteiger partial charge on any atom is -0.464 e. The lowest BCUT2D eigenvalue weighted by atomic mass is 10.2. The van der Waals surface area contributed by atoms with E-state index in [4.69, 9.17) is 14.2 Å². The zero-order valence-electron chi connectivity index (χ0n) is 13.4. The van der Waals surface area contributed by atoms with E-state index in [9.17, 15) is 0 Å². The highest BCUT2D eigenvalue weighted by Gasteiger charge is 2.28. The van der Waals surface area contributed by atoms with Crippen molar-refractivity contribution >= 4 is 12.0 Å². The van der Waals surface area contributed by atoms with Crippen LogP contribution in [-0.4, -0.2) is 43.1 Å². The quantitative estimate of drug-likeness (QED) is 0.810. The lowest BCUT2D eigenvalue weighted by Gasteiger charge is -2.32. The second kappa shape index (κ2) is 8.38. The molecule has 0 saturated carbocycles. The van der Waals surface area contributed by atoms with Crippen LogP contribution >= 0.6 is 0 Å². The van der Waals surface area contributed by atoms with Gasteiger partial charge in [0.15, 0.2) is 0 Å². The van der Waals surface area contributed by atoms with Gasteiger partial charge in [-0.05, 0) is 26.3 Å². The maximum atomic E-state index is 5.86. The SMILES string of the molecule is CCOC1=NC(OCC)N(CC)C(OCc2ccccc2)=N1. The molecule has 1 aliphatic rings. The fourth-order valence-electron chi connectivity index (χ4n) is 2.04. The Hall–Kier alpha value is -2.08. The largest absolute Gasteiger partial charge is 0.464 e. The second-order valence-electron chi connectivity index (χ2n) is 4.58. The number of rotatable bonds is 6. The first-order chi connectivity index (χ1) is 10.8. The molecular formula is C16H23N3O3. The zero-order valence-corrected chi connectivity index (χ0v) is 13.4. The van der Waals surface area contributed by atoms with Gasteiger partial charge in [-0.3, -0.25) is 4.90 Å². The normalized spacial score (nSPS) is 17.8. The van der Waals surface area contributed by atoms with Gasteiger partial charge in [-0.1, -0.05) is 30.3 Å². The van der Waals surface area contributed by atoms with Gasteiger partial charge < -0.3 is 14.2 Å². The molecule has 0 amide bonds. The molecule has 0 aromatic heterocycles. The van der Waals surface area contributed by atoms with Gasteiger partial charge in [0.05, 0.1) is 6.61 Å². The van der Waals surface area contributed by atoms with Crippen LogP contribution in [-0.2, 0) is 20.8 Å². The molecule has 0 aliphatic carbocycles. The van der Waals surface area contributed by atoms with E-state index in [0.29, 0.717) is 38.4 Å². The van der Waals surface area contributed by atoms with E-state index >= 15 is 0 Å². The summed E-state index contributed by atoms with van der Waals surface area (Å²) in [6.07, 6.45) is -0.458. The maximum absolute atomic E-state index is 5.86. The molecule has 1 atom stereocenters. The molecule has 2 rings (SSSR count). The molecule has 0 bridgehead atoms. The van der Waals surface area contributed by atoms with Crippen LogP contribution in [0, 0.1) is 0 Å². The molecule has 1 aromatic carbocycles. The Kier molecular flexibility index (Phi) is 6.21. The summed E-state index contributed by atoms with van der Waals surface area (Å²) in [6.45, 7) is 8.00. The summed E-state index contributed by atoms with van der Waals surface area (Å²) in [5.41, 5.74) is 1.08. The molecule has 6 heteroatoms. The van der Waals surface area contributed by atoms with Crippen molar-refractivity contribution in [3.8, 4) is 0 Å². The smallest absolute Gasteiger partial charge is 0.320 e. The summed E-state index contributed by atoms with van der Waals surface area (Å²) < 4.78 is 16.9. The summed E-state index contributed by atoms with van der Waals surface area (Å²) >= 11 is 0. The fourth-order valence-corrected chi connectivity index (χ4v) is 2.04. The van der Waals surface area contributed by atoms with E-state index in [2.05, 4.69) is 9.98 Å². The number of nitrogens with zero attached hydrogens (tertiary/aromatic N) is 3. The Morgan fingerprint density at radius 1 is 1.05 bits per heavy atom. The Morgan fingerprint density at radius 3 is 2.45 bits per heavy atom. The van der Waals surface area contributed by atoms with Gasteiger partial charge in [-0.25, -0.2) is 0 Å². The van der Waals surface area contributed by atoms with Gasteiger partial charge in [0.25, 0.3) is 0 Å². The second-order valence-corrected chi connectivity index (χ2v) is 4.58. The minimum absolute atomic E-state index is 0.300. The molecule has 0 fully saturated rings. The average molecular weight is 305 g/mol. The van der Waals surface area contributed by atoms with E-state index < -0.39 is 6.35 Å². The van der Waals surface area contributed by atoms with E-state index in [1.807, 2.05) is 56.0 Å². The number of hydrogen-bond donors (Lipinski definition) is 0. The maximum Gasteiger partial charge on any atom is 0.320 e. The van der Waals surface area contributed by atoms with Crippen LogP contribution in [0.1, 0.15) is 26.3 Å². The van der Waals surface area contributed by atoms with Crippen LogP contribution in [0.2, 0.25) is 0 Å². The van der Waals surface area contributed by atoms with Crippen molar-refractivity contribution in [3.63, 3.8) is 0 Å². The predicted octanol–water partition coefficient (Wildman–Crippen LogP) is 2.61. The van der Waals surface area contributed by atoms with Gasteiger partial charge in [0.1, 0.15) is 6.61 Å². The highest BCUT2D eigenvalue weighted by molar-refractivity contribution is 5.91. The van der Waals surface area contributed by atoms with Crippen molar-refractivity contribution in [2.45, 2.75) is 33.7 Å². The van der Waals surface area contributed by atoms with E-state index in [1.165, 1.54) is 0 Å². The number of aliphatic imine (C=N–C) groups is 2. The van der Waals surface area contributed by atoms with Gasteiger partial charge in [0.2, 0.25) is 6.35 Å². The fraction of sp³-hybridized carbons (Fsp3) is 0.500. The molecule has 0 saturated heterocycles. The van der Waals surface area contributed by atoms with Crippen LogP contribution in [0.3, 0.4) is 0 Å². The first-order valence-corrected chi connectivity index (χ1v) is 7.62. The molecule has 22 heavy (non-hydrogen) atoms. The first-order valence-electron chi connectivity index (χ1n) is 7.62. The van der Waals surface area contributed by atoms with E-state index in [-0.39, 0.29) is 0 Å². The van der Waals surface area contributed by atoms with Crippen molar-refractivity contribution in [2.75, 3.05) is 19.8 Å². The molecule has 1 aromatic rings. The molecule has 1 heterocycles. The number of amidine groups is 2. The first kappa shape index (κ1) is 16.3. The topological polar surface area (TPSA) is 55.7 Å². The number of hydrogen-bond acceptors (Lipinski definition) is 6. The van der Waals surface area contributed by atoms with Crippen LogP contribution < -0.4 is 0 Å². The van der Waals surface area contributed by atoms with Crippen LogP contribution in [0.15, 0.2) is 40.3 Å². The third kappa shape index (κ3) is 4.21. The third-order valence-corrected chi connectivity index (χ3v) is 3.07. The summed E-state index contributed by atoms with van der Waals surface area (Å²) in [6, 6.07) is 10.7. The molecule has 1 aliphatic heterocycles. The lowest BCUT2D eigenvalue weighted by molar-refractivity contribution is -0.0282. The van der Waals surface area contributed by atoms with E-state index in [0.717, 1.165) is 5.56 Å². The summed E-state index contributed by atoms with van der Waals surface area (Å²) in [4.78, 5) is 10.6. The molecule has 1 unspecified atom stereocenters. The highest BCUT2D eigenvalue weighted by atomic mass is 16.6. The summed E-state index contributed by atoms with van der Waals surface area (Å²) in [5, 5.41) is 0. The molecule has 0 spiro atoms. The Bertz CT molecular complexity index is 517. The Morgan fingerprint density at radius 2 is 1.82 bits per heavy atom. The van der Waals surface area contributed by atoms with Crippen LogP contribution in [0.4, 0.5) is 0 Å². The zero-order chi connectivity index (χ0) is 15.8. The third-order valence-electron chi connectivity index (χ3n) is 3.07. The van der Waals surface area contributed by atoms with Gasteiger partial charge in [0, 0.05) is 13.2 Å². The lowest BCUT2D eigenvalue weighted by Crippen LogP contribution is -2.45. The molecule has 6 nitrogen and oxygen atoms in total. The summed E-state index contributed by atoms with van der Waals surface area (Å²) in [7, 11) is 0. The number of benzene rings is 1. The van der Waals surface area contributed by atoms with Crippen molar-refractivity contribution in [2.24, 2.45) is 9.98 Å². The van der Waals surface area contributed by atoms with Crippen molar-refractivity contribution in [3.05, 3.63) is 35.9 Å². The Balaban J connectivity index is 2.12. The molecular weight excluding hydrogens is 282 g/mol. The highest BCUT2D eigenvalue weighted by Crippen LogP contribution is 2.14. The van der Waals surface area contributed by atoms with Crippen molar-refractivity contribution in [1.82, 2.24) is 4.90 Å². The van der Waals surface area contributed by atoms with Crippen molar-refractivity contribution in [1.29, 1.82) is 0 Å². The van der Waals surface area contributed by atoms with Gasteiger partial charge in [-0.2, -0.15) is 4.99 Å². The monoisotopic (exact) mass is 305 g/mol. The van der Waals surface area contributed by atoms with Gasteiger partial charge in [-0.15, -0.1) is 4.99 Å². The molecule has 0 radical (unpaired) electrons. The standard InChI is InChI=1S/C16H23N3O3/c1-4-19-15(21-6-3)17-14(20-5-2)18-16(19)22-12-13-10-8-7-9-11-13/h7-11,15H,4-6,12H2,1-3H3. The Labute approximate surface area is 131 Å². The minimum atomic E-state index is -0.458. The van der Waals surface area contributed by atoms with Gasteiger partial charge >= 0.3 is 12.0 Å². The summed E-state index contributed by atoms with van der Waals surface area (Å²) in [5.74, 6) is 0. The van der Waals surface area contributed by atoms with Crippen molar-refractivity contribution < 1.29 is 14.2 Å². The average Bonchev–Trinajstić information content (AvgIpc) is 2.54.